The van der Waals surface area contributed by atoms with E-state index in [9.17, 15) is 17.4 Å². The molecule has 2 atom stereocenters. The molecule has 19 heavy (non-hydrogen) atoms. The smallest absolute Gasteiger partial charge is 0.276 e. The van der Waals surface area contributed by atoms with Gasteiger partial charge in [-0.2, -0.15) is 17.5 Å². The number of aromatic nitrogens is 1. The van der Waals surface area contributed by atoms with Crippen LogP contribution in [0.25, 0.3) is 0 Å². The Morgan fingerprint density at radius 2 is 2.05 bits per heavy atom. The molecule has 0 aliphatic heterocycles. The van der Waals surface area contributed by atoms with Crippen LogP contribution in [-0.4, -0.2) is 28.8 Å². The number of pyridine rings is 1. The predicted octanol–water partition coefficient (Wildman–Crippen LogP) is 2.92. The first-order chi connectivity index (χ1) is 8.68. The number of nitrogens with zero attached hydrogens (tertiary/aromatic N) is 3. The largest absolute Gasteiger partial charge is 0.433 e. The molecule has 1 aromatic rings. The van der Waals surface area contributed by atoms with Crippen LogP contribution in [0, 0.1) is 0 Å². The highest BCUT2D eigenvalue weighted by atomic mass is 32.2. The van der Waals surface area contributed by atoms with Gasteiger partial charge in [-0.05, 0) is 18.6 Å². The average molecular weight is 293 g/mol. The van der Waals surface area contributed by atoms with Crippen molar-refractivity contribution < 1.29 is 17.4 Å². The van der Waals surface area contributed by atoms with Crippen molar-refractivity contribution in [1.82, 2.24) is 4.98 Å². The Labute approximate surface area is 110 Å². The van der Waals surface area contributed by atoms with Crippen LogP contribution in [0.3, 0.4) is 0 Å². The molecule has 1 unspecified atom stereocenters. The molecule has 1 heterocycles. The summed E-state index contributed by atoms with van der Waals surface area (Å²) in [5.74, 6) is 0. The lowest BCUT2D eigenvalue weighted by Gasteiger charge is -2.14. The lowest BCUT2D eigenvalue weighted by molar-refractivity contribution is -0.141. The van der Waals surface area contributed by atoms with E-state index in [1.165, 1.54) is 25.7 Å². The van der Waals surface area contributed by atoms with Gasteiger partial charge in [-0.15, -0.1) is 0 Å². The van der Waals surface area contributed by atoms with Gasteiger partial charge in [0.25, 0.3) is 0 Å². The number of aliphatic imine (C=N–C) groups is 1. The van der Waals surface area contributed by atoms with Gasteiger partial charge >= 0.3 is 6.18 Å². The second-order valence-electron chi connectivity index (χ2n) is 3.96. The Morgan fingerprint density at radius 3 is 2.47 bits per heavy atom. The Kier molecular flexibility index (Phi) is 4.67. The lowest BCUT2D eigenvalue weighted by Crippen LogP contribution is -2.11. The Balaban J connectivity index is 3.09. The van der Waals surface area contributed by atoms with Gasteiger partial charge in [0.15, 0.2) is 0 Å². The summed E-state index contributed by atoms with van der Waals surface area (Å²) in [5.41, 5.74) is -0.535. The normalized spacial score (nSPS) is 17.2. The Hall–Kier alpha value is -1.44. The topological polar surface area (TPSA) is 54.7 Å². The lowest BCUT2D eigenvalue weighted by atomic mass is 10.2. The van der Waals surface area contributed by atoms with Crippen LogP contribution in [0.5, 0.6) is 0 Å². The van der Waals surface area contributed by atoms with E-state index in [1.807, 2.05) is 0 Å². The third kappa shape index (κ3) is 4.02. The fourth-order valence-electron chi connectivity index (χ4n) is 1.30. The molecule has 0 aromatic carbocycles. The zero-order valence-electron chi connectivity index (χ0n) is 10.7. The van der Waals surface area contributed by atoms with E-state index in [-0.39, 0.29) is 0 Å². The monoisotopic (exact) mass is 293 g/mol. The van der Waals surface area contributed by atoms with Gasteiger partial charge in [0.2, 0.25) is 0 Å². The van der Waals surface area contributed by atoms with Gasteiger partial charge in [0, 0.05) is 19.5 Å². The van der Waals surface area contributed by atoms with Crippen molar-refractivity contribution in [3.8, 4) is 0 Å². The molecule has 0 fully saturated rings. The minimum absolute atomic E-state index is 0.439. The second-order valence-corrected chi connectivity index (χ2v) is 6.60. The van der Waals surface area contributed by atoms with Gasteiger partial charge in [-0.1, -0.05) is 6.07 Å². The van der Waals surface area contributed by atoms with Crippen LogP contribution in [0.15, 0.2) is 27.7 Å². The average Bonchev–Trinajstić information content (AvgIpc) is 2.34. The molecule has 0 N–H and O–H groups in total. The molecule has 0 aliphatic carbocycles. The first-order valence-electron chi connectivity index (χ1n) is 5.32. The maximum atomic E-state index is 12.4. The SMILES string of the molecule is CN=CN=S(C)(=O)[C@@H](C)c1ccc(C(F)(F)F)nc1. The molecular weight excluding hydrogens is 279 g/mol. The van der Waals surface area contributed by atoms with Crippen molar-refractivity contribution in [2.75, 3.05) is 13.3 Å². The standard InChI is InChI=1S/C11H14F3N3OS/c1-8(19(3,18)17-7-15-2)9-4-5-10(16-6-9)11(12,13)14/h4-8H,1-3H3/t8-,19?/m0/s1. The third-order valence-corrected chi connectivity index (χ3v) is 4.67. The van der Waals surface area contributed by atoms with Crippen molar-refractivity contribution in [2.45, 2.75) is 18.3 Å². The number of hydrogen-bond donors (Lipinski definition) is 0. The highest BCUT2D eigenvalue weighted by Gasteiger charge is 2.32. The second kappa shape index (κ2) is 5.68. The molecule has 0 bridgehead atoms. The highest BCUT2D eigenvalue weighted by molar-refractivity contribution is 7.93. The number of halogens is 3. The first kappa shape index (κ1) is 15.6. The van der Waals surface area contributed by atoms with Gasteiger partial charge in [-0.3, -0.25) is 9.98 Å². The molecule has 1 aromatic heterocycles. The third-order valence-electron chi connectivity index (χ3n) is 2.57. The van der Waals surface area contributed by atoms with E-state index in [1.54, 1.807) is 6.92 Å². The Morgan fingerprint density at radius 1 is 1.42 bits per heavy atom. The van der Waals surface area contributed by atoms with Crippen molar-refractivity contribution >= 4 is 16.1 Å². The van der Waals surface area contributed by atoms with Crippen molar-refractivity contribution in [2.24, 2.45) is 9.36 Å². The van der Waals surface area contributed by atoms with Gasteiger partial charge < -0.3 is 0 Å². The summed E-state index contributed by atoms with van der Waals surface area (Å²) in [6.07, 6.45) is -0.794. The van der Waals surface area contributed by atoms with Crippen LogP contribution in [0.4, 0.5) is 13.2 Å². The zero-order valence-corrected chi connectivity index (χ0v) is 11.5. The van der Waals surface area contributed by atoms with Crippen molar-refractivity contribution in [1.29, 1.82) is 0 Å². The molecule has 0 spiro atoms. The molecule has 0 radical (unpaired) electrons. The van der Waals surface area contributed by atoms with Crippen LogP contribution in [-0.2, 0) is 15.9 Å². The number of rotatable bonds is 3. The summed E-state index contributed by atoms with van der Waals surface area (Å²) < 4.78 is 53.1. The van der Waals surface area contributed by atoms with Crippen molar-refractivity contribution in [3.05, 3.63) is 29.6 Å². The molecule has 1 rings (SSSR count). The zero-order chi connectivity index (χ0) is 14.7. The summed E-state index contributed by atoms with van der Waals surface area (Å²) in [5, 5.41) is -0.541. The van der Waals surface area contributed by atoms with E-state index in [0.717, 1.165) is 12.3 Å². The van der Waals surface area contributed by atoms with E-state index >= 15 is 0 Å². The van der Waals surface area contributed by atoms with E-state index in [0.29, 0.717) is 5.56 Å². The summed E-state index contributed by atoms with van der Waals surface area (Å²) in [7, 11) is -1.13. The van der Waals surface area contributed by atoms with Gasteiger partial charge in [-0.25, -0.2) is 4.21 Å². The van der Waals surface area contributed by atoms with Crippen LogP contribution >= 0.6 is 0 Å². The maximum absolute atomic E-state index is 12.4. The quantitative estimate of drug-likeness (QED) is 0.635. The maximum Gasteiger partial charge on any atom is 0.433 e. The van der Waals surface area contributed by atoms with E-state index in [2.05, 4.69) is 14.3 Å². The highest BCUT2D eigenvalue weighted by Crippen LogP contribution is 2.29. The molecule has 0 amide bonds. The van der Waals surface area contributed by atoms with Crippen LogP contribution in [0.1, 0.15) is 23.4 Å². The summed E-state index contributed by atoms with van der Waals surface area (Å²) >= 11 is 0. The molecule has 8 heteroatoms. The summed E-state index contributed by atoms with van der Waals surface area (Å²) in [6, 6.07) is 2.14. The minimum atomic E-state index is -4.48. The first-order valence-corrected chi connectivity index (χ1v) is 7.31. The Bertz CT molecular complexity index is 572. The summed E-state index contributed by atoms with van der Waals surface area (Å²) in [6.45, 7) is 1.62. The molecule has 0 aliphatic rings. The fraction of sp³-hybridized carbons (Fsp3) is 0.455. The summed E-state index contributed by atoms with van der Waals surface area (Å²) in [4.78, 5) is 6.95. The molecule has 4 nitrogen and oxygen atoms in total. The fourth-order valence-corrected chi connectivity index (χ4v) is 2.41. The van der Waals surface area contributed by atoms with E-state index in [4.69, 9.17) is 0 Å². The number of alkyl halides is 3. The van der Waals surface area contributed by atoms with Crippen LogP contribution < -0.4 is 0 Å². The molecule has 0 saturated carbocycles. The molecule has 106 valence electrons. The number of hydrogen-bond acceptors (Lipinski definition) is 3. The van der Waals surface area contributed by atoms with Crippen LogP contribution in [0.2, 0.25) is 0 Å². The predicted molar refractivity (Wildman–Crippen MR) is 68.6 cm³/mol. The molecule has 0 saturated heterocycles. The minimum Gasteiger partial charge on any atom is -0.276 e. The van der Waals surface area contributed by atoms with Gasteiger partial charge in [0.1, 0.15) is 12.0 Å². The van der Waals surface area contributed by atoms with E-state index < -0.39 is 26.8 Å². The van der Waals surface area contributed by atoms with Crippen molar-refractivity contribution in [3.63, 3.8) is 0 Å². The molecular formula is C11H14F3N3OS. The van der Waals surface area contributed by atoms with Gasteiger partial charge in [0.05, 0.1) is 15.0 Å².